The number of hydrogen-bond acceptors (Lipinski definition) is 3. The van der Waals surface area contributed by atoms with Gasteiger partial charge in [-0.3, -0.25) is 10.2 Å². The van der Waals surface area contributed by atoms with E-state index in [0.717, 1.165) is 24.9 Å². The van der Waals surface area contributed by atoms with Crippen molar-refractivity contribution in [3.8, 4) is 0 Å². The number of carbonyl (C=O) groups is 1. The predicted molar refractivity (Wildman–Crippen MR) is 65.7 cm³/mol. The molecule has 0 saturated heterocycles. The fraction of sp³-hybridized carbons (Fsp3) is 0.385. The third-order valence-electron chi connectivity index (χ3n) is 2.76. The van der Waals surface area contributed by atoms with Gasteiger partial charge in [-0.25, -0.2) is 0 Å². The monoisotopic (exact) mass is 216 g/mol. The van der Waals surface area contributed by atoms with Gasteiger partial charge in [0.2, 0.25) is 0 Å². The van der Waals surface area contributed by atoms with E-state index < -0.39 is 0 Å². The molecule has 0 radical (unpaired) electrons. The fourth-order valence-electron chi connectivity index (χ4n) is 1.74. The van der Waals surface area contributed by atoms with Crippen molar-refractivity contribution in [3.63, 3.8) is 0 Å². The Morgan fingerprint density at radius 2 is 1.81 bits per heavy atom. The minimum absolute atomic E-state index is 0.186. The van der Waals surface area contributed by atoms with Crippen LogP contribution in [-0.2, 0) is 4.79 Å². The van der Waals surface area contributed by atoms with Crippen molar-refractivity contribution in [1.29, 1.82) is 0 Å². The number of Topliss-reactive ketones (excluding diaryl/α,β-unsaturated/α-hetero) is 1. The average Bonchev–Trinajstić information content (AvgIpc) is 2.30. The quantitative estimate of drug-likeness (QED) is 0.772. The molecule has 0 atom stereocenters. The van der Waals surface area contributed by atoms with Gasteiger partial charge in [0.15, 0.2) is 5.78 Å². The molecule has 2 rings (SSSR count). The summed E-state index contributed by atoms with van der Waals surface area (Å²) in [5, 5.41) is 4.18. The number of nitrogens with one attached hydrogen (secondary N) is 1. The minimum atomic E-state index is 0.186. The fourth-order valence-corrected chi connectivity index (χ4v) is 1.74. The third kappa shape index (κ3) is 2.69. The first-order chi connectivity index (χ1) is 7.75. The Balaban J connectivity index is 2.02. The van der Waals surface area contributed by atoms with Gasteiger partial charge in [-0.15, -0.1) is 0 Å². The van der Waals surface area contributed by atoms with Crippen LogP contribution in [0.3, 0.4) is 0 Å². The van der Waals surface area contributed by atoms with Crippen molar-refractivity contribution >= 4 is 17.2 Å². The summed E-state index contributed by atoms with van der Waals surface area (Å²) in [7, 11) is 0. The van der Waals surface area contributed by atoms with Gasteiger partial charge in [0, 0.05) is 6.42 Å². The maximum absolute atomic E-state index is 11.5. The molecule has 3 heteroatoms. The lowest BCUT2D eigenvalue weighted by Crippen LogP contribution is -2.19. The number of ketones is 1. The lowest BCUT2D eigenvalue weighted by atomic mass is 9.97. The van der Waals surface area contributed by atoms with Crippen LogP contribution in [0.4, 0.5) is 5.69 Å². The van der Waals surface area contributed by atoms with Crippen molar-refractivity contribution in [3.05, 3.63) is 29.8 Å². The zero-order valence-corrected chi connectivity index (χ0v) is 9.49. The molecule has 0 bridgehead atoms. The Morgan fingerprint density at radius 1 is 1.12 bits per heavy atom. The van der Waals surface area contributed by atoms with Crippen LogP contribution < -0.4 is 5.43 Å². The molecule has 0 aromatic heterocycles. The zero-order valence-electron chi connectivity index (χ0n) is 9.49. The first-order valence-electron chi connectivity index (χ1n) is 5.68. The molecule has 1 saturated carbocycles. The van der Waals surface area contributed by atoms with Crippen LogP contribution in [-0.4, -0.2) is 11.5 Å². The topological polar surface area (TPSA) is 41.5 Å². The Hall–Kier alpha value is -1.64. The number of rotatable bonds is 2. The standard InChI is InChI=1S/C13H16N2O/c1-10-6-8-11(9-7-10)14-15-12-4-2-3-5-13(12)16/h6-9,14H,2-5H2,1H3/b15-12-. The number of carbonyl (C=O) groups excluding carboxylic acids is 1. The Bertz CT molecular complexity index is 406. The van der Waals surface area contributed by atoms with E-state index in [9.17, 15) is 4.79 Å². The number of anilines is 1. The summed E-state index contributed by atoms with van der Waals surface area (Å²) >= 11 is 0. The van der Waals surface area contributed by atoms with Crippen molar-refractivity contribution in [1.82, 2.24) is 0 Å². The van der Waals surface area contributed by atoms with E-state index in [1.54, 1.807) is 0 Å². The lowest BCUT2D eigenvalue weighted by Gasteiger charge is -2.11. The van der Waals surface area contributed by atoms with E-state index in [0.29, 0.717) is 12.1 Å². The molecule has 1 aromatic rings. The average molecular weight is 216 g/mol. The van der Waals surface area contributed by atoms with E-state index >= 15 is 0 Å². The van der Waals surface area contributed by atoms with Crippen LogP contribution in [0.15, 0.2) is 29.4 Å². The molecule has 0 amide bonds. The van der Waals surface area contributed by atoms with Crippen LogP contribution >= 0.6 is 0 Å². The van der Waals surface area contributed by atoms with Gasteiger partial charge in [0.1, 0.15) is 5.71 Å². The van der Waals surface area contributed by atoms with Gasteiger partial charge in [0.05, 0.1) is 5.69 Å². The molecule has 0 spiro atoms. The Labute approximate surface area is 95.6 Å². The van der Waals surface area contributed by atoms with Crippen LogP contribution in [0.1, 0.15) is 31.2 Å². The van der Waals surface area contributed by atoms with Crippen LogP contribution in [0.25, 0.3) is 0 Å². The normalized spacial score (nSPS) is 18.8. The highest BCUT2D eigenvalue weighted by Crippen LogP contribution is 2.13. The van der Waals surface area contributed by atoms with Crippen molar-refractivity contribution in [2.45, 2.75) is 32.6 Å². The summed E-state index contributed by atoms with van der Waals surface area (Å²) in [6.07, 6.45) is 3.52. The highest BCUT2D eigenvalue weighted by molar-refractivity contribution is 6.40. The first-order valence-corrected chi connectivity index (χ1v) is 5.68. The van der Waals surface area contributed by atoms with E-state index in [-0.39, 0.29) is 5.78 Å². The first kappa shape index (κ1) is 10.9. The van der Waals surface area contributed by atoms with E-state index in [1.807, 2.05) is 31.2 Å². The number of aryl methyl sites for hydroxylation is 1. The summed E-state index contributed by atoms with van der Waals surface area (Å²) in [4.78, 5) is 11.5. The zero-order chi connectivity index (χ0) is 11.4. The van der Waals surface area contributed by atoms with Gasteiger partial charge in [-0.1, -0.05) is 17.7 Å². The maximum Gasteiger partial charge on any atom is 0.178 e. The highest BCUT2D eigenvalue weighted by atomic mass is 16.1. The molecule has 1 fully saturated rings. The summed E-state index contributed by atoms with van der Waals surface area (Å²) < 4.78 is 0. The van der Waals surface area contributed by atoms with Crippen molar-refractivity contribution in [2.75, 3.05) is 5.43 Å². The predicted octanol–water partition coefficient (Wildman–Crippen LogP) is 2.91. The molecule has 1 aliphatic carbocycles. The molecular formula is C13H16N2O. The number of hydrogen-bond donors (Lipinski definition) is 1. The minimum Gasteiger partial charge on any atom is -0.293 e. The molecule has 1 aliphatic rings. The van der Waals surface area contributed by atoms with Gasteiger partial charge in [-0.2, -0.15) is 5.10 Å². The van der Waals surface area contributed by atoms with Crippen LogP contribution in [0, 0.1) is 6.92 Å². The summed E-state index contributed by atoms with van der Waals surface area (Å²) in [5.74, 6) is 0.186. The molecule has 16 heavy (non-hydrogen) atoms. The number of benzene rings is 1. The molecule has 0 aliphatic heterocycles. The van der Waals surface area contributed by atoms with Gasteiger partial charge in [-0.05, 0) is 38.3 Å². The molecule has 3 nitrogen and oxygen atoms in total. The molecule has 1 N–H and O–H groups in total. The van der Waals surface area contributed by atoms with Crippen LogP contribution in [0.5, 0.6) is 0 Å². The van der Waals surface area contributed by atoms with E-state index in [2.05, 4.69) is 10.5 Å². The van der Waals surface area contributed by atoms with Crippen LogP contribution in [0.2, 0.25) is 0 Å². The van der Waals surface area contributed by atoms with Gasteiger partial charge >= 0.3 is 0 Å². The van der Waals surface area contributed by atoms with E-state index in [1.165, 1.54) is 5.56 Å². The molecule has 0 heterocycles. The molecule has 0 unspecified atom stereocenters. The largest absolute Gasteiger partial charge is 0.293 e. The summed E-state index contributed by atoms with van der Waals surface area (Å²) in [6.45, 7) is 2.04. The number of hydrazone groups is 1. The van der Waals surface area contributed by atoms with Crippen molar-refractivity contribution in [2.24, 2.45) is 5.10 Å². The molecule has 84 valence electrons. The van der Waals surface area contributed by atoms with Gasteiger partial charge in [0.25, 0.3) is 0 Å². The second-order valence-corrected chi connectivity index (χ2v) is 4.17. The molecule has 1 aromatic carbocycles. The van der Waals surface area contributed by atoms with Crippen molar-refractivity contribution < 1.29 is 4.79 Å². The summed E-state index contributed by atoms with van der Waals surface area (Å²) in [5.41, 5.74) is 5.77. The lowest BCUT2D eigenvalue weighted by molar-refractivity contribution is -0.113. The number of nitrogens with zero attached hydrogens (tertiary/aromatic N) is 1. The Kier molecular flexibility index (Phi) is 3.34. The highest BCUT2D eigenvalue weighted by Gasteiger charge is 2.16. The molecular weight excluding hydrogens is 200 g/mol. The third-order valence-corrected chi connectivity index (χ3v) is 2.76. The summed E-state index contributed by atoms with van der Waals surface area (Å²) in [6, 6.07) is 7.97. The van der Waals surface area contributed by atoms with Gasteiger partial charge < -0.3 is 0 Å². The maximum atomic E-state index is 11.5. The van der Waals surface area contributed by atoms with E-state index in [4.69, 9.17) is 0 Å². The SMILES string of the molecule is Cc1ccc(N/N=C2/CCCCC2=O)cc1. The smallest absolute Gasteiger partial charge is 0.178 e. The Morgan fingerprint density at radius 3 is 2.50 bits per heavy atom. The second kappa shape index (κ2) is 4.92. The second-order valence-electron chi connectivity index (χ2n) is 4.17.